The van der Waals surface area contributed by atoms with Crippen molar-refractivity contribution in [2.75, 3.05) is 20.2 Å². The summed E-state index contributed by atoms with van der Waals surface area (Å²) in [5.41, 5.74) is -2.30. The zero-order valence-electron chi connectivity index (χ0n) is 29.2. The van der Waals surface area contributed by atoms with Crippen LogP contribution in [0.1, 0.15) is 59.6 Å². The first-order valence-corrected chi connectivity index (χ1v) is 16.0. The van der Waals surface area contributed by atoms with E-state index in [2.05, 4.69) is 25.9 Å². The Kier molecular flexibility index (Phi) is 13.3. The van der Waals surface area contributed by atoms with E-state index in [0.29, 0.717) is 26.7 Å². The second-order valence-corrected chi connectivity index (χ2v) is 14.0. The van der Waals surface area contributed by atoms with Gasteiger partial charge in [-0.25, -0.2) is 23.3 Å². The maximum Gasteiger partial charge on any atom is 0.407 e. The van der Waals surface area contributed by atoms with Crippen molar-refractivity contribution in [1.82, 2.24) is 36.2 Å². The SMILES string of the molecule is COC(=O)NC(C(=O)NC[C@@H](O)CN(Cc1c(F)cc(-c2ccn(C(F)F)n2)cc1F)NC(=O)[C@@H](NC(=O)C1CC1)C(C)(C)C)C(C)(C)C(F)(F)F. The third-order valence-corrected chi connectivity index (χ3v) is 8.33. The maximum absolute atomic E-state index is 15.4. The number of hydrogen-bond acceptors (Lipinski definition) is 8. The van der Waals surface area contributed by atoms with Gasteiger partial charge in [0.2, 0.25) is 11.8 Å². The van der Waals surface area contributed by atoms with Gasteiger partial charge in [0.15, 0.2) is 0 Å². The lowest BCUT2D eigenvalue weighted by molar-refractivity contribution is -0.220. The number of hydrazine groups is 1. The topological polar surface area (TPSA) is 167 Å². The Morgan fingerprint density at radius 3 is 2.08 bits per heavy atom. The Morgan fingerprint density at radius 1 is 1.00 bits per heavy atom. The quantitative estimate of drug-likeness (QED) is 0.135. The molecule has 0 radical (unpaired) electrons. The van der Waals surface area contributed by atoms with Crippen LogP contribution in [0.15, 0.2) is 24.4 Å². The molecule has 1 fully saturated rings. The smallest absolute Gasteiger partial charge is 0.407 e. The van der Waals surface area contributed by atoms with E-state index in [1.165, 1.54) is 0 Å². The van der Waals surface area contributed by atoms with E-state index < -0.39 is 96.5 Å². The number of methoxy groups -OCH3 is 1. The number of alkyl halides is 5. The Morgan fingerprint density at radius 2 is 1.60 bits per heavy atom. The summed E-state index contributed by atoms with van der Waals surface area (Å²) in [5, 5.41) is 21.9. The molecule has 20 heteroatoms. The van der Waals surface area contributed by atoms with Crippen LogP contribution in [0.2, 0.25) is 0 Å². The number of amides is 4. The lowest BCUT2D eigenvalue weighted by atomic mass is 9.83. The fourth-order valence-electron chi connectivity index (χ4n) is 4.90. The number of aromatic nitrogens is 2. The van der Waals surface area contributed by atoms with Crippen molar-refractivity contribution in [1.29, 1.82) is 0 Å². The monoisotopic (exact) mass is 753 g/mol. The molecule has 1 unspecified atom stereocenters. The number of hydrogen-bond donors (Lipinski definition) is 5. The van der Waals surface area contributed by atoms with Gasteiger partial charge in [-0.1, -0.05) is 20.8 Å². The second-order valence-electron chi connectivity index (χ2n) is 14.0. The molecule has 1 heterocycles. The summed E-state index contributed by atoms with van der Waals surface area (Å²) >= 11 is 0. The van der Waals surface area contributed by atoms with Crippen LogP contribution in [0.4, 0.5) is 35.5 Å². The van der Waals surface area contributed by atoms with Gasteiger partial charge in [0, 0.05) is 42.9 Å². The Bertz CT molecular complexity index is 1590. The molecule has 0 aliphatic heterocycles. The molecular weight excluding hydrogens is 711 g/mol. The predicted octanol–water partition coefficient (Wildman–Crippen LogP) is 3.79. The first-order valence-electron chi connectivity index (χ1n) is 16.0. The molecule has 0 bridgehead atoms. The van der Waals surface area contributed by atoms with Crippen molar-refractivity contribution in [3.05, 3.63) is 41.6 Å². The molecule has 3 rings (SSSR count). The molecule has 1 aromatic carbocycles. The van der Waals surface area contributed by atoms with Gasteiger partial charge in [-0.15, -0.1) is 0 Å². The molecule has 52 heavy (non-hydrogen) atoms. The van der Waals surface area contributed by atoms with Crippen LogP contribution in [0, 0.1) is 28.4 Å². The molecular formula is C32H42F7N7O6. The number of carbonyl (C=O) groups excluding carboxylic acids is 4. The lowest BCUT2D eigenvalue weighted by Gasteiger charge is -2.35. The summed E-state index contributed by atoms with van der Waals surface area (Å²) in [5.74, 6) is -5.26. The van der Waals surface area contributed by atoms with E-state index in [9.17, 15) is 46.2 Å². The largest absolute Gasteiger partial charge is 0.453 e. The first kappa shape index (κ1) is 42.0. The number of aliphatic hydroxyl groups excluding tert-OH is 1. The van der Waals surface area contributed by atoms with Gasteiger partial charge in [-0.2, -0.15) is 27.1 Å². The number of aliphatic hydroxyl groups is 1. The fourth-order valence-corrected chi connectivity index (χ4v) is 4.90. The van der Waals surface area contributed by atoms with E-state index in [1.807, 2.05) is 5.32 Å². The summed E-state index contributed by atoms with van der Waals surface area (Å²) in [6, 6.07) is -0.660. The standard InChI is InChI=1S/C32H42F7N7O6/c1-30(2,3)23(41-25(48)16-7-8-16)27(50)44-45(15-19-20(33)11-17(12-21(19)34)22-9-10-46(43-22)28(35)36)14-18(47)13-40-26(49)24(42-29(51)52-6)31(4,5)32(37,38)39/h9-12,16,18,23-24,28,47H,7-8,13-15H2,1-6H3,(H,40,49)(H,41,48)(H,42,51)(H,44,50)/t18-,23-,24?/m1/s1. The highest BCUT2D eigenvalue weighted by atomic mass is 19.4. The molecule has 3 atom stereocenters. The van der Waals surface area contributed by atoms with Crippen LogP contribution < -0.4 is 21.4 Å². The number of halogens is 7. The number of benzene rings is 1. The Balaban J connectivity index is 1.88. The van der Waals surface area contributed by atoms with Gasteiger partial charge < -0.3 is 25.8 Å². The number of ether oxygens (including phenoxy) is 1. The highest BCUT2D eigenvalue weighted by Gasteiger charge is 2.55. The number of nitrogens with one attached hydrogen (secondary N) is 4. The van der Waals surface area contributed by atoms with Crippen LogP contribution in [0.25, 0.3) is 11.3 Å². The molecule has 1 saturated carbocycles. The highest BCUT2D eigenvalue weighted by Crippen LogP contribution is 2.40. The molecule has 13 nitrogen and oxygen atoms in total. The summed E-state index contributed by atoms with van der Waals surface area (Å²) in [4.78, 5) is 50.9. The third-order valence-electron chi connectivity index (χ3n) is 8.33. The lowest BCUT2D eigenvalue weighted by Crippen LogP contribution is -2.60. The molecule has 2 aromatic rings. The van der Waals surface area contributed by atoms with Crippen molar-refractivity contribution < 1.29 is 59.8 Å². The average molecular weight is 754 g/mol. The van der Waals surface area contributed by atoms with Gasteiger partial charge in [0.1, 0.15) is 23.7 Å². The van der Waals surface area contributed by atoms with Crippen molar-refractivity contribution in [2.24, 2.45) is 16.7 Å². The van der Waals surface area contributed by atoms with E-state index in [4.69, 9.17) is 0 Å². The summed E-state index contributed by atoms with van der Waals surface area (Å²) in [7, 11) is 0.874. The molecule has 0 saturated heterocycles. The van der Waals surface area contributed by atoms with E-state index in [0.717, 1.165) is 36.5 Å². The van der Waals surface area contributed by atoms with Crippen LogP contribution in [0.5, 0.6) is 0 Å². The molecule has 0 spiro atoms. The van der Waals surface area contributed by atoms with Crippen LogP contribution >= 0.6 is 0 Å². The number of alkyl carbamates (subject to hydrolysis) is 1. The number of nitrogens with zero attached hydrogens (tertiary/aromatic N) is 3. The van der Waals surface area contributed by atoms with Gasteiger partial charge in [-0.3, -0.25) is 19.8 Å². The molecule has 1 aromatic heterocycles. The zero-order valence-corrected chi connectivity index (χ0v) is 29.2. The van der Waals surface area contributed by atoms with E-state index in [-0.39, 0.29) is 27.8 Å². The van der Waals surface area contributed by atoms with Gasteiger partial charge in [-0.05, 0) is 50.3 Å². The van der Waals surface area contributed by atoms with E-state index >= 15 is 8.78 Å². The highest BCUT2D eigenvalue weighted by molar-refractivity contribution is 5.89. The number of carbonyl (C=O) groups is 4. The maximum atomic E-state index is 15.4. The fraction of sp³-hybridized carbons (Fsp3) is 0.594. The van der Waals surface area contributed by atoms with E-state index in [1.54, 1.807) is 20.8 Å². The first-order chi connectivity index (χ1) is 24.0. The summed E-state index contributed by atoms with van der Waals surface area (Å²) < 4.78 is 103. The third kappa shape index (κ3) is 10.8. The molecule has 1 aliphatic rings. The predicted molar refractivity (Wildman–Crippen MR) is 170 cm³/mol. The Hall–Kier alpha value is -4.46. The molecule has 5 N–H and O–H groups in total. The second kappa shape index (κ2) is 16.5. The van der Waals surface area contributed by atoms with Gasteiger partial charge in [0.25, 0.3) is 5.91 Å². The van der Waals surface area contributed by atoms with Gasteiger partial charge >= 0.3 is 18.8 Å². The van der Waals surface area contributed by atoms with Crippen LogP contribution in [-0.4, -0.2) is 88.3 Å². The van der Waals surface area contributed by atoms with Crippen LogP contribution in [-0.2, 0) is 25.7 Å². The molecule has 4 amide bonds. The van der Waals surface area contributed by atoms with Crippen molar-refractivity contribution in [2.45, 2.75) is 84.9 Å². The average Bonchev–Trinajstić information content (AvgIpc) is 3.76. The van der Waals surface area contributed by atoms with Gasteiger partial charge in [0.05, 0.1) is 24.3 Å². The Labute approximate surface area is 294 Å². The molecule has 290 valence electrons. The normalized spacial score (nSPS) is 15.5. The summed E-state index contributed by atoms with van der Waals surface area (Å²) in [6.07, 6.45) is -5.88. The minimum atomic E-state index is -4.99. The van der Waals surface area contributed by atoms with Crippen molar-refractivity contribution in [3.8, 4) is 11.3 Å². The summed E-state index contributed by atoms with van der Waals surface area (Å²) in [6.45, 7) is 1.03. The van der Waals surface area contributed by atoms with Crippen LogP contribution in [0.3, 0.4) is 0 Å². The number of rotatable bonds is 15. The zero-order chi connectivity index (χ0) is 39.3. The minimum Gasteiger partial charge on any atom is -0.453 e. The minimum absolute atomic E-state index is 0.172. The molecule has 1 aliphatic carbocycles. The van der Waals surface area contributed by atoms with Crippen molar-refractivity contribution in [3.63, 3.8) is 0 Å². The van der Waals surface area contributed by atoms with Crippen molar-refractivity contribution >= 4 is 23.8 Å².